The molecule has 0 aliphatic carbocycles. The monoisotopic (exact) mass is 186 g/mol. The minimum Gasteiger partial charge on any atom is -0.462 e. The molecule has 5 nitrogen and oxygen atoms in total. The number of esters is 1. The van der Waals surface area contributed by atoms with Crippen LogP contribution in [0.3, 0.4) is 0 Å². The molecule has 0 bridgehead atoms. The summed E-state index contributed by atoms with van der Waals surface area (Å²) in [5.74, 6) is -1.48. The molecule has 1 rings (SSSR count). The summed E-state index contributed by atoms with van der Waals surface area (Å²) in [4.78, 5) is 21.8. The number of hydrogen-bond donors (Lipinski definition) is 2. The van der Waals surface area contributed by atoms with E-state index >= 15 is 0 Å². The second-order valence-electron chi connectivity index (χ2n) is 3.01. The maximum atomic E-state index is 11.0. The lowest BCUT2D eigenvalue weighted by Gasteiger charge is -2.22. The van der Waals surface area contributed by atoms with Gasteiger partial charge in [-0.15, -0.1) is 0 Å². The van der Waals surface area contributed by atoms with Crippen LogP contribution in [0, 0.1) is 0 Å². The standard InChI is InChI=1S/C8H14N2O3/c1-13-8(12)7(11)10-6-3-2-4-9-5-6/h6,9H,2-5H2,1H3,(H,10,11)/t6-/m1/s1. The van der Waals surface area contributed by atoms with Gasteiger partial charge in [-0.2, -0.15) is 0 Å². The molecule has 2 N–H and O–H groups in total. The highest BCUT2D eigenvalue weighted by atomic mass is 16.5. The van der Waals surface area contributed by atoms with Gasteiger partial charge < -0.3 is 15.4 Å². The van der Waals surface area contributed by atoms with Crippen LogP contribution in [0.1, 0.15) is 12.8 Å². The van der Waals surface area contributed by atoms with Crippen molar-refractivity contribution in [1.82, 2.24) is 10.6 Å². The van der Waals surface area contributed by atoms with Crippen LogP contribution in [0.15, 0.2) is 0 Å². The molecule has 74 valence electrons. The zero-order chi connectivity index (χ0) is 9.68. The van der Waals surface area contributed by atoms with Crippen LogP contribution in [-0.2, 0) is 14.3 Å². The van der Waals surface area contributed by atoms with Gasteiger partial charge in [-0.1, -0.05) is 0 Å². The van der Waals surface area contributed by atoms with Gasteiger partial charge in [0.1, 0.15) is 0 Å². The number of hydrogen-bond acceptors (Lipinski definition) is 4. The summed E-state index contributed by atoms with van der Waals surface area (Å²) in [6, 6.07) is 0.0559. The van der Waals surface area contributed by atoms with Crippen LogP contribution < -0.4 is 10.6 Å². The van der Waals surface area contributed by atoms with Crippen LogP contribution in [0.5, 0.6) is 0 Å². The fraction of sp³-hybridized carbons (Fsp3) is 0.750. The van der Waals surface area contributed by atoms with Crippen molar-refractivity contribution >= 4 is 11.9 Å². The normalized spacial score (nSPS) is 22.1. The third-order valence-electron chi connectivity index (χ3n) is 2.00. The van der Waals surface area contributed by atoms with E-state index in [4.69, 9.17) is 0 Å². The van der Waals surface area contributed by atoms with E-state index in [0.717, 1.165) is 25.9 Å². The predicted octanol–water partition coefficient (Wildman–Crippen LogP) is -0.972. The van der Waals surface area contributed by atoms with Crippen molar-refractivity contribution in [2.24, 2.45) is 0 Å². The van der Waals surface area contributed by atoms with Crippen LogP contribution in [0.25, 0.3) is 0 Å². The summed E-state index contributed by atoms with van der Waals surface area (Å²) >= 11 is 0. The van der Waals surface area contributed by atoms with Gasteiger partial charge in [-0.05, 0) is 19.4 Å². The first-order chi connectivity index (χ1) is 6.24. The number of rotatable bonds is 1. The largest absolute Gasteiger partial charge is 0.462 e. The van der Waals surface area contributed by atoms with Crippen LogP contribution in [0.4, 0.5) is 0 Å². The van der Waals surface area contributed by atoms with Gasteiger partial charge in [0.2, 0.25) is 0 Å². The highest BCUT2D eigenvalue weighted by Crippen LogP contribution is 2.00. The molecule has 0 unspecified atom stereocenters. The summed E-state index contributed by atoms with van der Waals surface area (Å²) in [7, 11) is 1.20. The van der Waals surface area contributed by atoms with Gasteiger partial charge in [0.05, 0.1) is 7.11 Å². The molecule has 1 heterocycles. The molecular formula is C8H14N2O3. The Bertz CT molecular complexity index is 200. The second-order valence-corrected chi connectivity index (χ2v) is 3.01. The van der Waals surface area contributed by atoms with Crippen LogP contribution >= 0.6 is 0 Å². The molecule has 1 fully saturated rings. The molecule has 1 saturated heterocycles. The summed E-state index contributed by atoms with van der Waals surface area (Å²) in [6.07, 6.45) is 1.93. The molecule has 13 heavy (non-hydrogen) atoms. The van der Waals surface area contributed by atoms with Crippen molar-refractivity contribution in [2.45, 2.75) is 18.9 Å². The third kappa shape index (κ3) is 3.02. The molecule has 0 aromatic carbocycles. The second kappa shape index (κ2) is 4.81. The topological polar surface area (TPSA) is 67.4 Å². The molecular weight excluding hydrogens is 172 g/mol. The van der Waals surface area contributed by atoms with Gasteiger partial charge in [0.25, 0.3) is 0 Å². The Morgan fingerprint density at radius 1 is 1.54 bits per heavy atom. The number of amides is 1. The Kier molecular flexibility index (Phi) is 3.70. The number of methoxy groups -OCH3 is 1. The number of carbonyl (C=O) groups excluding carboxylic acids is 2. The maximum Gasteiger partial charge on any atom is 0.396 e. The lowest BCUT2D eigenvalue weighted by molar-refractivity contribution is -0.153. The minimum absolute atomic E-state index is 0.0559. The number of nitrogens with one attached hydrogen (secondary N) is 2. The third-order valence-corrected chi connectivity index (χ3v) is 2.00. The molecule has 1 amide bonds. The number of ether oxygens (including phenoxy) is 1. The van der Waals surface area contributed by atoms with Gasteiger partial charge in [0, 0.05) is 12.6 Å². The summed E-state index contributed by atoms with van der Waals surface area (Å²) in [6.45, 7) is 1.70. The van der Waals surface area contributed by atoms with Gasteiger partial charge in [0.15, 0.2) is 0 Å². The van der Waals surface area contributed by atoms with E-state index in [9.17, 15) is 9.59 Å². The molecule has 0 saturated carbocycles. The van der Waals surface area contributed by atoms with E-state index in [-0.39, 0.29) is 6.04 Å². The van der Waals surface area contributed by atoms with E-state index in [1.807, 2.05) is 0 Å². The lowest BCUT2D eigenvalue weighted by atomic mass is 10.1. The van der Waals surface area contributed by atoms with Crippen molar-refractivity contribution in [1.29, 1.82) is 0 Å². The summed E-state index contributed by atoms with van der Waals surface area (Å²) in [5.41, 5.74) is 0. The van der Waals surface area contributed by atoms with Crippen LogP contribution in [-0.4, -0.2) is 38.1 Å². The van der Waals surface area contributed by atoms with Gasteiger partial charge in [-0.3, -0.25) is 4.79 Å². The summed E-state index contributed by atoms with van der Waals surface area (Å²) < 4.78 is 4.28. The minimum atomic E-state index is -0.828. The van der Waals surface area contributed by atoms with E-state index in [2.05, 4.69) is 15.4 Å². The van der Waals surface area contributed by atoms with Gasteiger partial charge in [-0.25, -0.2) is 4.79 Å². The smallest absolute Gasteiger partial charge is 0.396 e. The first kappa shape index (κ1) is 9.98. The Hall–Kier alpha value is -1.10. The Morgan fingerprint density at radius 3 is 2.85 bits per heavy atom. The summed E-state index contributed by atoms with van der Waals surface area (Å²) in [5, 5.41) is 5.72. The first-order valence-electron chi connectivity index (χ1n) is 4.33. The number of carbonyl (C=O) groups is 2. The fourth-order valence-electron chi connectivity index (χ4n) is 1.31. The average molecular weight is 186 g/mol. The predicted molar refractivity (Wildman–Crippen MR) is 46.1 cm³/mol. The van der Waals surface area contributed by atoms with Crippen molar-refractivity contribution in [3.05, 3.63) is 0 Å². The average Bonchev–Trinajstić information content (AvgIpc) is 2.18. The van der Waals surface area contributed by atoms with E-state index in [0.29, 0.717) is 0 Å². The van der Waals surface area contributed by atoms with E-state index in [1.165, 1.54) is 7.11 Å². The zero-order valence-electron chi connectivity index (χ0n) is 7.63. The van der Waals surface area contributed by atoms with Crippen molar-refractivity contribution in [2.75, 3.05) is 20.2 Å². The lowest BCUT2D eigenvalue weighted by Crippen LogP contribution is -2.47. The molecule has 0 aromatic rings. The molecule has 0 radical (unpaired) electrons. The maximum absolute atomic E-state index is 11.0. The fourth-order valence-corrected chi connectivity index (χ4v) is 1.31. The van der Waals surface area contributed by atoms with E-state index in [1.54, 1.807) is 0 Å². The number of piperidine rings is 1. The quantitative estimate of drug-likeness (QED) is 0.408. The Morgan fingerprint density at radius 2 is 2.31 bits per heavy atom. The molecule has 1 aliphatic heterocycles. The molecule has 0 spiro atoms. The zero-order valence-corrected chi connectivity index (χ0v) is 7.63. The molecule has 5 heteroatoms. The molecule has 1 aliphatic rings. The highest BCUT2D eigenvalue weighted by molar-refractivity contribution is 6.32. The Balaban J connectivity index is 2.30. The first-order valence-corrected chi connectivity index (χ1v) is 4.33. The van der Waals surface area contributed by atoms with Crippen molar-refractivity contribution in [3.8, 4) is 0 Å². The van der Waals surface area contributed by atoms with Gasteiger partial charge >= 0.3 is 11.9 Å². The van der Waals surface area contributed by atoms with Crippen LogP contribution in [0.2, 0.25) is 0 Å². The van der Waals surface area contributed by atoms with Crippen molar-refractivity contribution in [3.63, 3.8) is 0 Å². The van der Waals surface area contributed by atoms with E-state index < -0.39 is 11.9 Å². The van der Waals surface area contributed by atoms with Crippen molar-refractivity contribution < 1.29 is 14.3 Å². The molecule has 1 atom stereocenters. The molecule has 0 aromatic heterocycles. The SMILES string of the molecule is COC(=O)C(=O)N[C@@H]1CCCNC1. The Labute approximate surface area is 76.8 Å². The highest BCUT2D eigenvalue weighted by Gasteiger charge is 2.20.